The lowest BCUT2D eigenvalue weighted by molar-refractivity contribution is -0.116. The summed E-state index contributed by atoms with van der Waals surface area (Å²) in [6, 6.07) is 9.90. The lowest BCUT2D eigenvalue weighted by Crippen LogP contribution is -2.33. The van der Waals surface area contributed by atoms with Crippen LogP contribution in [0, 0.1) is 20.8 Å². The zero-order valence-electron chi connectivity index (χ0n) is 16.9. The van der Waals surface area contributed by atoms with Crippen LogP contribution < -0.4 is 15.5 Å². The lowest BCUT2D eigenvalue weighted by Gasteiger charge is -2.29. The number of thioether (sulfide) groups is 1. The van der Waals surface area contributed by atoms with Gasteiger partial charge in [-0.25, -0.2) is 0 Å². The van der Waals surface area contributed by atoms with Crippen molar-refractivity contribution in [1.29, 1.82) is 0 Å². The molecule has 0 radical (unpaired) electrons. The van der Waals surface area contributed by atoms with Gasteiger partial charge in [0.2, 0.25) is 5.91 Å². The van der Waals surface area contributed by atoms with E-state index in [0.717, 1.165) is 35.5 Å². The van der Waals surface area contributed by atoms with Crippen LogP contribution in [-0.4, -0.2) is 36.5 Å². The third-order valence-electron chi connectivity index (χ3n) is 5.03. The number of anilines is 3. The normalized spacial score (nSPS) is 15.2. The Morgan fingerprint density at radius 2 is 1.82 bits per heavy atom. The molecule has 0 saturated carbocycles. The van der Waals surface area contributed by atoms with Crippen molar-refractivity contribution in [3.8, 4) is 0 Å². The minimum Gasteiger partial charge on any atom is -0.374 e. The van der Waals surface area contributed by atoms with Crippen molar-refractivity contribution in [1.82, 2.24) is 0 Å². The van der Waals surface area contributed by atoms with Crippen LogP contribution >= 0.6 is 23.4 Å². The summed E-state index contributed by atoms with van der Waals surface area (Å²) in [5.41, 5.74) is 6.09. The average molecular weight is 418 g/mol. The van der Waals surface area contributed by atoms with E-state index in [9.17, 15) is 4.79 Å². The van der Waals surface area contributed by atoms with E-state index in [1.54, 1.807) is 0 Å². The number of nitrogens with one attached hydrogen (secondary N) is 2. The first-order valence-electron chi connectivity index (χ1n) is 9.62. The number of hydrogen-bond donors (Lipinski definition) is 2. The van der Waals surface area contributed by atoms with Gasteiger partial charge in [-0.1, -0.05) is 17.7 Å². The fourth-order valence-corrected chi connectivity index (χ4v) is 4.70. The van der Waals surface area contributed by atoms with Gasteiger partial charge in [-0.05, 0) is 68.7 Å². The molecule has 6 heteroatoms. The number of carbonyl (C=O) groups is 1. The largest absolute Gasteiger partial charge is 0.374 e. The van der Waals surface area contributed by atoms with Gasteiger partial charge in [0, 0.05) is 36.0 Å². The van der Waals surface area contributed by atoms with E-state index in [0.29, 0.717) is 10.7 Å². The van der Waals surface area contributed by atoms with Crippen molar-refractivity contribution in [2.75, 3.05) is 40.1 Å². The maximum atomic E-state index is 12.7. The van der Waals surface area contributed by atoms with Gasteiger partial charge in [0.05, 0.1) is 10.7 Å². The van der Waals surface area contributed by atoms with E-state index >= 15 is 0 Å². The molecule has 1 amide bonds. The molecule has 2 N–H and O–H groups in total. The third kappa shape index (κ3) is 4.95. The Kier molecular flexibility index (Phi) is 6.78. The molecule has 1 fully saturated rings. The highest BCUT2D eigenvalue weighted by Crippen LogP contribution is 2.28. The molecule has 1 saturated heterocycles. The Morgan fingerprint density at radius 3 is 2.46 bits per heavy atom. The van der Waals surface area contributed by atoms with Crippen LogP contribution in [0.4, 0.5) is 17.1 Å². The van der Waals surface area contributed by atoms with Crippen molar-refractivity contribution in [2.45, 2.75) is 33.7 Å². The third-order valence-corrected chi connectivity index (χ3v) is 6.27. The van der Waals surface area contributed by atoms with Gasteiger partial charge >= 0.3 is 0 Å². The first-order valence-corrected chi connectivity index (χ1v) is 11.2. The fourth-order valence-electron chi connectivity index (χ4n) is 3.43. The number of carbonyl (C=O) groups excluding carboxylic acids is 1. The number of hydrogen-bond acceptors (Lipinski definition) is 4. The first kappa shape index (κ1) is 20.9. The van der Waals surface area contributed by atoms with E-state index in [2.05, 4.69) is 40.7 Å². The zero-order valence-corrected chi connectivity index (χ0v) is 18.5. The molecule has 0 bridgehead atoms. The van der Waals surface area contributed by atoms with Crippen molar-refractivity contribution >= 4 is 46.3 Å². The Balaban J connectivity index is 1.67. The molecule has 28 heavy (non-hydrogen) atoms. The van der Waals surface area contributed by atoms with Crippen molar-refractivity contribution in [3.05, 3.63) is 52.0 Å². The second-order valence-electron chi connectivity index (χ2n) is 7.39. The SMILES string of the molecule is Cc1cc(C)c(NC(=O)C(C)Nc2ccc(N3CCSCC3)cc2C)c(Cl)c1. The molecule has 0 spiro atoms. The van der Waals surface area contributed by atoms with E-state index in [4.69, 9.17) is 11.6 Å². The van der Waals surface area contributed by atoms with Crippen LogP contribution in [0.15, 0.2) is 30.3 Å². The highest BCUT2D eigenvalue weighted by molar-refractivity contribution is 7.99. The molecule has 0 aliphatic carbocycles. The average Bonchev–Trinajstić information content (AvgIpc) is 2.66. The quantitative estimate of drug-likeness (QED) is 0.696. The summed E-state index contributed by atoms with van der Waals surface area (Å²) in [4.78, 5) is 15.1. The molecular formula is C22H28ClN3OS. The lowest BCUT2D eigenvalue weighted by atomic mass is 10.1. The van der Waals surface area contributed by atoms with Crippen LogP contribution in [0.25, 0.3) is 0 Å². The predicted molar refractivity (Wildman–Crippen MR) is 123 cm³/mol. The molecule has 1 aliphatic heterocycles. The Hall–Kier alpha value is -1.85. The highest BCUT2D eigenvalue weighted by Gasteiger charge is 2.17. The second-order valence-corrected chi connectivity index (χ2v) is 9.02. The van der Waals surface area contributed by atoms with Gasteiger partial charge in [0.25, 0.3) is 0 Å². The Bertz CT molecular complexity index is 842. The van der Waals surface area contributed by atoms with Crippen LogP contribution in [0.3, 0.4) is 0 Å². The molecule has 0 aromatic heterocycles. The van der Waals surface area contributed by atoms with E-state index < -0.39 is 0 Å². The standard InChI is InChI=1S/C22H28ClN3OS/c1-14-11-16(3)21(19(23)12-14)25-22(27)17(4)24-20-6-5-18(13-15(20)2)26-7-9-28-10-8-26/h5-6,11-13,17,24H,7-10H2,1-4H3,(H,25,27). The van der Waals surface area contributed by atoms with Crippen molar-refractivity contribution in [3.63, 3.8) is 0 Å². The van der Waals surface area contributed by atoms with Crippen LogP contribution in [0.5, 0.6) is 0 Å². The van der Waals surface area contributed by atoms with Gasteiger partial charge in [-0.2, -0.15) is 11.8 Å². The summed E-state index contributed by atoms with van der Waals surface area (Å²) in [7, 11) is 0. The molecular weight excluding hydrogens is 390 g/mol. The van der Waals surface area contributed by atoms with Crippen LogP contribution in [0.1, 0.15) is 23.6 Å². The minimum atomic E-state index is -0.382. The Morgan fingerprint density at radius 1 is 1.11 bits per heavy atom. The summed E-state index contributed by atoms with van der Waals surface area (Å²) < 4.78 is 0. The number of nitrogens with zero attached hydrogens (tertiary/aromatic N) is 1. The molecule has 1 unspecified atom stereocenters. The zero-order chi connectivity index (χ0) is 20.3. The van der Waals surface area contributed by atoms with E-state index in [1.807, 2.05) is 44.7 Å². The highest BCUT2D eigenvalue weighted by atomic mass is 35.5. The summed E-state index contributed by atoms with van der Waals surface area (Å²) >= 11 is 8.33. The van der Waals surface area contributed by atoms with Gasteiger partial charge in [-0.3, -0.25) is 4.79 Å². The maximum absolute atomic E-state index is 12.7. The maximum Gasteiger partial charge on any atom is 0.246 e. The molecule has 1 atom stereocenters. The number of aryl methyl sites for hydroxylation is 3. The molecule has 1 heterocycles. The topological polar surface area (TPSA) is 44.4 Å². The molecule has 3 rings (SSSR count). The molecule has 2 aromatic rings. The summed E-state index contributed by atoms with van der Waals surface area (Å²) in [6.07, 6.45) is 0. The number of rotatable bonds is 5. The number of halogens is 1. The van der Waals surface area contributed by atoms with Crippen LogP contribution in [-0.2, 0) is 4.79 Å². The smallest absolute Gasteiger partial charge is 0.246 e. The predicted octanol–water partition coefficient (Wildman–Crippen LogP) is 5.26. The molecule has 1 aliphatic rings. The van der Waals surface area contributed by atoms with Gasteiger partial charge in [0.15, 0.2) is 0 Å². The van der Waals surface area contributed by atoms with Crippen molar-refractivity contribution in [2.24, 2.45) is 0 Å². The fraction of sp³-hybridized carbons (Fsp3) is 0.409. The number of benzene rings is 2. The monoisotopic (exact) mass is 417 g/mol. The Labute approximate surface area is 177 Å². The van der Waals surface area contributed by atoms with Gasteiger partial charge < -0.3 is 15.5 Å². The van der Waals surface area contributed by atoms with Gasteiger partial charge in [0.1, 0.15) is 6.04 Å². The van der Waals surface area contributed by atoms with Crippen LogP contribution in [0.2, 0.25) is 5.02 Å². The number of amides is 1. The second kappa shape index (κ2) is 9.10. The summed E-state index contributed by atoms with van der Waals surface area (Å²) in [5.74, 6) is 2.25. The van der Waals surface area contributed by atoms with E-state index in [1.165, 1.54) is 17.2 Å². The van der Waals surface area contributed by atoms with Gasteiger partial charge in [-0.15, -0.1) is 0 Å². The molecule has 4 nitrogen and oxygen atoms in total. The van der Waals surface area contributed by atoms with E-state index in [-0.39, 0.29) is 11.9 Å². The summed E-state index contributed by atoms with van der Waals surface area (Å²) in [5, 5.41) is 6.87. The summed E-state index contributed by atoms with van der Waals surface area (Å²) in [6.45, 7) is 10.1. The first-order chi connectivity index (χ1) is 13.3. The minimum absolute atomic E-state index is 0.106. The van der Waals surface area contributed by atoms with Crippen molar-refractivity contribution < 1.29 is 4.79 Å². The molecule has 150 valence electrons. The molecule has 2 aromatic carbocycles.